The molecule has 0 unspecified atom stereocenters. The topological polar surface area (TPSA) is 84.0 Å². The molecule has 0 atom stereocenters. The highest BCUT2D eigenvalue weighted by molar-refractivity contribution is 7.99. The van der Waals surface area contributed by atoms with Gasteiger partial charge >= 0.3 is 0 Å². The van der Waals surface area contributed by atoms with Gasteiger partial charge in [-0.2, -0.15) is 0 Å². The molecule has 0 bridgehead atoms. The lowest BCUT2D eigenvalue weighted by Gasteiger charge is -2.05. The maximum absolute atomic E-state index is 12.2. The van der Waals surface area contributed by atoms with Gasteiger partial charge in [-0.15, -0.1) is 22.0 Å². The number of nitrogens with zero attached hydrogens (tertiary/aromatic N) is 2. The number of aryl methyl sites for hydroxylation is 1. The van der Waals surface area contributed by atoms with Crippen LogP contribution in [0, 0.1) is 6.92 Å². The fraction of sp³-hybridized carbons (Fsp3) is 0.200. The van der Waals surface area contributed by atoms with Gasteiger partial charge in [-0.25, -0.2) is 0 Å². The van der Waals surface area contributed by atoms with Crippen molar-refractivity contribution in [3.63, 3.8) is 0 Å². The first-order chi connectivity index (χ1) is 14.0. The molecule has 0 spiro atoms. The van der Waals surface area contributed by atoms with Gasteiger partial charge in [-0.1, -0.05) is 58.8 Å². The highest BCUT2D eigenvalue weighted by Crippen LogP contribution is 2.19. The Morgan fingerprint density at radius 2 is 1.93 bits per heavy atom. The van der Waals surface area contributed by atoms with E-state index in [4.69, 9.17) is 11.6 Å². The van der Waals surface area contributed by atoms with E-state index in [-0.39, 0.29) is 16.8 Å². The molecule has 0 aliphatic carbocycles. The van der Waals surface area contributed by atoms with Crippen molar-refractivity contribution < 1.29 is 9.59 Å². The van der Waals surface area contributed by atoms with Gasteiger partial charge in [0.15, 0.2) is 0 Å². The molecule has 0 aliphatic rings. The molecule has 0 saturated heterocycles. The van der Waals surface area contributed by atoms with Gasteiger partial charge in [0.25, 0.3) is 5.91 Å². The Kier molecular flexibility index (Phi) is 7.62. The van der Waals surface area contributed by atoms with E-state index in [1.165, 1.54) is 28.7 Å². The number of nitrogens with one attached hydrogen (secondary N) is 2. The summed E-state index contributed by atoms with van der Waals surface area (Å²) in [5, 5.41) is 15.1. The van der Waals surface area contributed by atoms with E-state index in [0.717, 1.165) is 5.56 Å². The van der Waals surface area contributed by atoms with E-state index in [0.29, 0.717) is 33.8 Å². The summed E-state index contributed by atoms with van der Waals surface area (Å²) in [6.45, 7) is 2.53. The third-order valence-corrected chi connectivity index (χ3v) is 6.10. The number of anilines is 1. The monoisotopic (exact) mass is 446 g/mol. The Bertz CT molecular complexity index is 992. The fourth-order valence-electron chi connectivity index (χ4n) is 2.34. The number of hydrogen-bond acceptors (Lipinski definition) is 6. The van der Waals surface area contributed by atoms with Gasteiger partial charge in [-0.05, 0) is 30.7 Å². The molecule has 1 aromatic heterocycles. The van der Waals surface area contributed by atoms with E-state index >= 15 is 0 Å². The molecule has 3 aromatic rings. The number of halogens is 1. The van der Waals surface area contributed by atoms with Crippen LogP contribution in [-0.2, 0) is 17.1 Å². The summed E-state index contributed by atoms with van der Waals surface area (Å²) in [5.41, 5.74) is 2.85. The highest BCUT2D eigenvalue weighted by atomic mass is 35.5. The Morgan fingerprint density at radius 3 is 2.69 bits per heavy atom. The van der Waals surface area contributed by atoms with Crippen molar-refractivity contribution in [3.8, 4) is 0 Å². The van der Waals surface area contributed by atoms with Gasteiger partial charge in [0.2, 0.25) is 10.9 Å². The normalized spacial score (nSPS) is 10.6. The van der Waals surface area contributed by atoms with Crippen molar-refractivity contribution in [3.05, 3.63) is 74.7 Å². The number of amides is 2. The Morgan fingerprint density at radius 1 is 1.14 bits per heavy atom. The number of hydrogen-bond donors (Lipinski definition) is 2. The summed E-state index contributed by atoms with van der Waals surface area (Å²) < 4.78 is 0. The molecule has 2 aromatic carbocycles. The zero-order valence-corrected chi connectivity index (χ0v) is 18.0. The van der Waals surface area contributed by atoms with Crippen LogP contribution in [0.1, 0.15) is 25.9 Å². The summed E-state index contributed by atoms with van der Waals surface area (Å²) in [5.74, 6) is 0.450. The highest BCUT2D eigenvalue weighted by Gasteiger charge is 2.14. The maximum atomic E-state index is 12.2. The number of rotatable bonds is 8. The van der Waals surface area contributed by atoms with Crippen molar-refractivity contribution in [1.29, 1.82) is 0 Å². The van der Waals surface area contributed by atoms with Crippen LogP contribution < -0.4 is 10.6 Å². The van der Waals surface area contributed by atoms with Gasteiger partial charge in [0.05, 0.1) is 5.75 Å². The van der Waals surface area contributed by atoms with E-state index < -0.39 is 0 Å². The molecule has 0 aliphatic heterocycles. The molecular formula is C20H19ClN4O2S2. The third kappa shape index (κ3) is 6.85. The second kappa shape index (κ2) is 10.4. The summed E-state index contributed by atoms with van der Waals surface area (Å²) in [6.07, 6.45) is 0. The zero-order valence-electron chi connectivity index (χ0n) is 15.6. The SMILES string of the molecule is Cc1ccc(CNC(=O)CSCc2nnc(C(=O)Nc3cccc(Cl)c3)s2)cc1. The lowest BCUT2D eigenvalue weighted by Crippen LogP contribution is -2.24. The Balaban J connectivity index is 1.41. The minimum Gasteiger partial charge on any atom is -0.351 e. The molecule has 29 heavy (non-hydrogen) atoms. The Labute approximate surface area is 182 Å². The smallest absolute Gasteiger partial charge is 0.286 e. The van der Waals surface area contributed by atoms with Gasteiger partial charge < -0.3 is 10.6 Å². The maximum Gasteiger partial charge on any atom is 0.286 e. The molecule has 6 nitrogen and oxygen atoms in total. The molecule has 0 saturated carbocycles. The average Bonchev–Trinajstić information content (AvgIpc) is 3.17. The number of thioether (sulfide) groups is 1. The molecule has 3 rings (SSSR count). The van der Waals surface area contributed by atoms with Crippen LogP contribution in [0.3, 0.4) is 0 Å². The molecule has 0 radical (unpaired) electrons. The van der Waals surface area contributed by atoms with Crippen LogP contribution in [0.2, 0.25) is 5.02 Å². The minimum atomic E-state index is -0.336. The first-order valence-corrected chi connectivity index (χ1v) is 11.1. The zero-order chi connectivity index (χ0) is 20.6. The van der Waals surface area contributed by atoms with Crippen LogP contribution in [-0.4, -0.2) is 27.8 Å². The molecule has 2 N–H and O–H groups in total. The fourth-order valence-corrected chi connectivity index (χ4v) is 4.17. The van der Waals surface area contributed by atoms with Crippen LogP contribution in [0.5, 0.6) is 0 Å². The minimum absolute atomic E-state index is 0.0426. The van der Waals surface area contributed by atoms with E-state index in [1.54, 1.807) is 24.3 Å². The summed E-state index contributed by atoms with van der Waals surface area (Å²) in [4.78, 5) is 24.2. The predicted octanol–water partition coefficient (Wildman–Crippen LogP) is 4.30. The predicted molar refractivity (Wildman–Crippen MR) is 119 cm³/mol. The first kappa shape index (κ1) is 21.3. The summed E-state index contributed by atoms with van der Waals surface area (Å²) in [7, 11) is 0. The molecule has 0 fully saturated rings. The summed E-state index contributed by atoms with van der Waals surface area (Å²) >= 11 is 8.55. The molecule has 9 heteroatoms. The average molecular weight is 447 g/mol. The lowest BCUT2D eigenvalue weighted by atomic mass is 10.1. The van der Waals surface area contributed by atoms with Crippen molar-refractivity contribution in [2.75, 3.05) is 11.1 Å². The second-order valence-electron chi connectivity index (χ2n) is 6.22. The molecule has 1 heterocycles. The first-order valence-electron chi connectivity index (χ1n) is 8.79. The molecule has 150 valence electrons. The van der Waals surface area contributed by atoms with Crippen LogP contribution in [0.25, 0.3) is 0 Å². The van der Waals surface area contributed by atoms with E-state index in [1.807, 2.05) is 31.2 Å². The number of carbonyl (C=O) groups excluding carboxylic acids is 2. The lowest BCUT2D eigenvalue weighted by molar-refractivity contribution is -0.118. The Hall–Kier alpha value is -2.42. The largest absolute Gasteiger partial charge is 0.351 e. The standard InChI is InChI=1S/C20H19ClN4O2S2/c1-13-5-7-14(8-6-13)10-22-17(26)11-28-12-18-24-25-20(29-18)19(27)23-16-4-2-3-15(21)9-16/h2-9H,10-12H2,1H3,(H,22,26)(H,23,27). The van der Waals surface area contributed by atoms with Crippen molar-refractivity contribution >= 4 is 52.2 Å². The molecular weight excluding hydrogens is 428 g/mol. The van der Waals surface area contributed by atoms with E-state index in [2.05, 4.69) is 20.8 Å². The van der Waals surface area contributed by atoms with Crippen LogP contribution >= 0.6 is 34.7 Å². The van der Waals surface area contributed by atoms with Crippen molar-refractivity contribution in [1.82, 2.24) is 15.5 Å². The number of carbonyl (C=O) groups is 2. The van der Waals surface area contributed by atoms with Gasteiger partial charge in [-0.3, -0.25) is 9.59 Å². The number of benzene rings is 2. The van der Waals surface area contributed by atoms with Gasteiger partial charge in [0, 0.05) is 23.0 Å². The molecule has 2 amide bonds. The van der Waals surface area contributed by atoms with Crippen molar-refractivity contribution in [2.24, 2.45) is 0 Å². The van der Waals surface area contributed by atoms with Crippen LogP contribution in [0.4, 0.5) is 5.69 Å². The van der Waals surface area contributed by atoms with Crippen molar-refractivity contribution in [2.45, 2.75) is 19.2 Å². The summed E-state index contributed by atoms with van der Waals surface area (Å²) in [6, 6.07) is 14.9. The number of aromatic nitrogens is 2. The second-order valence-corrected chi connectivity index (χ2v) is 8.70. The van der Waals surface area contributed by atoms with Crippen LogP contribution in [0.15, 0.2) is 48.5 Å². The third-order valence-electron chi connectivity index (χ3n) is 3.81. The van der Waals surface area contributed by atoms with E-state index in [9.17, 15) is 9.59 Å². The van der Waals surface area contributed by atoms with Gasteiger partial charge in [0.1, 0.15) is 5.01 Å². The quantitative estimate of drug-likeness (QED) is 0.538.